The van der Waals surface area contributed by atoms with Gasteiger partial charge in [-0.25, -0.2) is 0 Å². The molecule has 0 aromatic carbocycles. The van der Waals surface area contributed by atoms with Gasteiger partial charge in [0.1, 0.15) is 0 Å². The van der Waals surface area contributed by atoms with Crippen molar-refractivity contribution in [2.24, 2.45) is 5.41 Å². The van der Waals surface area contributed by atoms with Crippen LogP contribution in [0.2, 0.25) is 0 Å². The molecule has 0 radical (unpaired) electrons. The van der Waals surface area contributed by atoms with E-state index < -0.39 is 0 Å². The van der Waals surface area contributed by atoms with Gasteiger partial charge in [-0.05, 0) is 18.3 Å². The van der Waals surface area contributed by atoms with Crippen molar-refractivity contribution in [1.29, 1.82) is 0 Å². The van der Waals surface area contributed by atoms with Gasteiger partial charge in [0.15, 0.2) is 0 Å². The van der Waals surface area contributed by atoms with E-state index in [-0.39, 0.29) is 5.38 Å². The van der Waals surface area contributed by atoms with Gasteiger partial charge < -0.3 is 10.1 Å². The Labute approximate surface area is 85.0 Å². The third-order valence-electron chi connectivity index (χ3n) is 3.36. The van der Waals surface area contributed by atoms with Gasteiger partial charge in [-0.3, -0.25) is 0 Å². The summed E-state index contributed by atoms with van der Waals surface area (Å²) in [7, 11) is 0. The second kappa shape index (κ2) is 3.76. The Balaban J connectivity index is 1.72. The van der Waals surface area contributed by atoms with E-state index in [1.807, 2.05) is 0 Å². The molecular formula is C10H18ClNO. The normalized spacial score (nSPS) is 37.4. The van der Waals surface area contributed by atoms with Gasteiger partial charge >= 0.3 is 0 Å². The van der Waals surface area contributed by atoms with Crippen molar-refractivity contribution in [2.45, 2.75) is 37.6 Å². The molecule has 2 rings (SSSR count). The zero-order valence-corrected chi connectivity index (χ0v) is 8.94. The summed E-state index contributed by atoms with van der Waals surface area (Å²) in [6, 6.07) is 0.374. The lowest BCUT2D eigenvalue weighted by molar-refractivity contribution is 0.144. The lowest BCUT2D eigenvalue weighted by Gasteiger charge is -2.39. The van der Waals surface area contributed by atoms with Gasteiger partial charge in [-0.15, -0.1) is 11.6 Å². The molecule has 76 valence electrons. The molecule has 1 aliphatic carbocycles. The highest BCUT2D eigenvalue weighted by Gasteiger charge is 2.34. The average Bonchev–Trinajstić information content (AvgIpc) is 2.44. The standard InChI is InChI=1S/C10H18ClNO/c1-10(3-2-4-10)7-12-9-6-13-5-8(9)11/h8-9,12H,2-7H2,1H3. The van der Waals surface area contributed by atoms with Crippen molar-refractivity contribution in [3.05, 3.63) is 0 Å². The zero-order valence-electron chi connectivity index (χ0n) is 8.18. The number of halogens is 1. The van der Waals surface area contributed by atoms with Crippen LogP contribution in [-0.4, -0.2) is 31.2 Å². The minimum atomic E-state index is 0.170. The second-order valence-corrected chi connectivity index (χ2v) is 5.27. The summed E-state index contributed by atoms with van der Waals surface area (Å²) in [5.74, 6) is 0. The maximum Gasteiger partial charge on any atom is 0.0745 e. The van der Waals surface area contributed by atoms with Crippen molar-refractivity contribution in [1.82, 2.24) is 5.32 Å². The van der Waals surface area contributed by atoms with E-state index in [4.69, 9.17) is 16.3 Å². The molecular weight excluding hydrogens is 186 g/mol. The molecule has 2 fully saturated rings. The maximum absolute atomic E-state index is 6.08. The van der Waals surface area contributed by atoms with E-state index in [0.717, 1.165) is 13.2 Å². The molecule has 0 amide bonds. The summed E-state index contributed by atoms with van der Waals surface area (Å²) in [6.45, 7) is 4.94. The molecule has 1 aliphatic heterocycles. The number of hydrogen-bond acceptors (Lipinski definition) is 2. The molecule has 1 saturated carbocycles. The first-order chi connectivity index (χ1) is 6.20. The molecule has 2 aliphatic rings. The Bertz CT molecular complexity index is 182. The van der Waals surface area contributed by atoms with E-state index in [0.29, 0.717) is 18.1 Å². The molecule has 3 heteroatoms. The highest BCUT2D eigenvalue weighted by molar-refractivity contribution is 6.21. The van der Waals surface area contributed by atoms with Crippen LogP contribution >= 0.6 is 11.6 Å². The molecule has 0 aromatic heterocycles. The van der Waals surface area contributed by atoms with Crippen molar-refractivity contribution in [3.63, 3.8) is 0 Å². The van der Waals surface area contributed by atoms with Crippen LogP contribution in [0.3, 0.4) is 0 Å². The van der Waals surface area contributed by atoms with Gasteiger partial charge in [0.05, 0.1) is 18.6 Å². The Hall–Kier alpha value is 0.210. The number of alkyl halides is 1. The van der Waals surface area contributed by atoms with E-state index in [2.05, 4.69) is 12.2 Å². The molecule has 2 nitrogen and oxygen atoms in total. The Kier molecular flexibility index (Phi) is 2.82. The van der Waals surface area contributed by atoms with Crippen molar-refractivity contribution in [2.75, 3.05) is 19.8 Å². The second-order valence-electron chi connectivity index (χ2n) is 4.71. The number of rotatable bonds is 3. The van der Waals surface area contributed by atoms with E-state index in [9.17, 15) is 0 Å². The summed E-state index contributed by atoms with van der Waals surface area (Å²) in [6.07, 6.45) is 4.12. The first-order valence-corrected chi connectivity index (χ1v) is 5.58. The van der Waals surface area contributed by atoms with E-state index in [1.165, 1.54) is 19.3 Å². The summed E-state index contributed by atoms with van der Waals surface area (Å²) < 4.78 is 5.29. The first kappa shape index (κ1) is 9.75. The third-order valence-corrected chi connectivity index (χ3v) is 3.79. The molecule has 13 heavy (non-hydrogen) atoms. The fourth-order valence-electron chi connectivity index (χ4n) is 2.05. The average molecular weight is 204 g/mol. The number of ether oxygens (including phenoxy) is 1. The van der Waals surface area contributed by atoms with Crippen molar-refractivity contribution < 1.29 is 4.74 Å². The highest BCUT2D eigenvalue weighted by atomic mass is 35.5. The van der Waals surface area contributed by atoms with Gasteiger partial charge in [-0.2, -0.15) is 0 Å². The Morgan fingerprint density at radius 2 is 2.23 bits per heavy atom. The maximum atomic E-state index is 6.08. The van der Waals surface area contributed by atoms with Crippen LogP contribution in [0.25, 0.3) is 0 Å². The van der Waals surface area contributed by atoms with Crippen LogP contribution in [0.1, 0.15) is 26.2 Å². The summed E-state index contributed by atoms with van der Waals surface area (Å²) in [4.78, 5) is 0. The number of nitrogens with one attached hydrogen (secondary N) is 1. The molecule has 1 saturated heterocycles. The third kappa shape index (κ3) is 2.17. The fraction of sp³-hybridized carbons (Fsp3) is 1.00. The van der Waals surface area contributed by atoms with Gasteiger partial charge in [0.2, 0.25) is 0 Å². The van der Waals surface area contributed by atoms with E-state index in [1.54, 1.807) is 0 Å². The Morgan fingerprint density at radius 3 is 2.69 bits per heavy atom. The van der Waals surface area contributed by atoms with Gasteiger partial charge in [-0.1, -0.05) is 13.3 Å². The molecule has 0 bridgehead atoms. The Morgan fingerprint density at radius 1 is 1.46 bits per heavy atom. The monoisotopic (exact) mass is 203 g/mol. The van der Waals surface area contributed by atoms with Gasteiger partial charge in [0, 0.05) is 12.6 Å². The summed E-state index contributed by atoms with van der Waals surface area (Å²) >= 11 is 6.08. The SMILES string of the molecule is CC1(CNC2COCC2Cl)CCC1. The molecule has 0 spiro atoms. The lowest BCUT2D eigenvalue weighted by Crippen LogP contribution is -2.45. The molecule has 1 N–H and O–H groups in total. The van der Waals surface area contributed by atoms with Crippen LogP contribution in [0.15, 0.2) is 0 Å². The fourth-order valence-corrected chi connectivity index (χ4v) is 2.30. The van der Waals surface area contributed by atoms with Crippen LogP contribution in [0.5, 0.6) is 0 Å². The predicted octanol–water partition coefficient (Wildman–Crippen LogP) is 1.77. The smallest absolute Gasteiger partial charge is 0.0745 e. The minimum Gasteiger partial charge on any atom is -0.378 e. The summed E-state index contributed by atoms with van der Waals surface area (Å²) in [5.41, 5.74) is 0.541. The molecule has 0 aromatic rings. The van der Waals surface area contributed by atoms with Crippen LogP contribution in [0.4, 0.5) is 0 Å². The molecule has 2 unspecified atom stereocenters. The van der Waals surface area contributed by atoms with Crippen LogP contribution in [-0.2, 0) is 4.74 Å². The minimum absolute atomic E-state index is 0.170. The quantitative estimate of drug-likeness (QED) is 0.707. The summed E-state index contributed by atoms with van der Waals surface area (Å²) in [5, 5.41) is 3.69. The number of hydrogen-bond donors (Lipinski definition) is 1. The molecule has 2 atom stereocenters. The van der Waals surface area contributed by atoms with E-state index >= 15 is 0 Å². The van der Waals surface area contributed by atoms with Gasteiger partial charge in [0.25, 0.3) is 0 Å². The highest BCUT2D eigenvalue weighted by Crippen LogP contribution is 2.39. The predicted molar refractivity (Wildman–Crippen MR) is 54.2 cm³/mol. The largest absolute Gasteiger partial charge is 0.378 e. The van der Waals surface area contributed by atoms with Crippen LogP contribution < -0.4 is 5.32 Å². The van der Waals surface area contributed by atoms with Crippen molar-refractivity contribution >= 4 is 11.6 Å². The lowest BCUT2D eigenvalue weighted by atomic mass is 9.70. The van der Waals surface area contributed by atoms with Crippen molar-refractivity contribution in [3.8, 4) is 0 Å². The first-order valence-electron chi connectivity index (χ1n) is 5.15. The zero-order chi connectivity index (χ0) is 9.31. The topological polar surface area (TPSA) is 21.3 Å². The van der Waals surface area contributed by atoms with Crippen LogP contribution in [0, 0.1) is 5.41 Å². The molecule has 1 heterocycles.